The molecule has 3 aliphatic heterocycles. The van der Waals surface area contributed by atoms with Crippen molar-refractivity contribution < 1.29 is 90.5 Å². The average molecular weight is 759 g/mol. The van der Waals surface area contributed by atoms with Crippen molar-refractivity contribution in [3.8, 4) is 11.1 Å². The van der Waals surface area contributed by atoms with Gasteiger partial charge in [0.2, 0.25) is 0 Å². The Morgan fingerprint density at radius 1 is 0.750 bits per heavy atom. The minimum atomic E-state index is -6.63. The van der Waals surface area contributed by atoms with Gasteiger partial charge in [-0.25, -0.2) is 0 Å². The Hall–Kier alpha value is -2.01. The molecular formula is C30H23Cl2F9NSiZr. The molecule has 1 aliphatic carbocycles. The van der Waals surface area contributed by atoms with E-state index in [0.717, 1.165) is 23.1 Å². The van der Waals surface area contributed by atoms with Crippen molar-refractivity contribution in [3.63, 3.8) is 0 Å². The molecule has 3 aromatic rings. The van der Waals surface area contributed by atoms with Gasteiger partial charge in [-0.15, -0.1) is 34.5 Å². The SMILES string of the molecule is CC1=C2C3=NC=CC3=C1[Si]2(C)C.Cc1cc2c(-c3ccc(C(C(F)(F)F)(C(F)(F)F)C(F)(F)F)cc3)cccc2[cH-]1.[Cl-].[Cl-].[Zr+3]. The van der Waals surface area contributed by atoms with E-state index in [0.29, 0.717) is 10.9 Å². The van der Waals surface area contributed by atoms with E-state index in [9.17, 15) is 39.5 Å². The summed E-state index contributed by atoms with van der Waals surface area (Å²) in [4.78, 5) is 4.42. The first-order chi connectivity index (χ1) is 18.8. The van der Waals surface area contributed by atoms with Crippen molar-refractivity contribution in [1.29, 1.82) is 0 Å². The summed E-state index contributed by atoms with van der Waals surface area (Å²) in [5.41, 5.74) is -2.06. The molecule has 2 bridgehead atoms. The summed E-state index contributed by atoms with van der Waals surface area (Å²) < 4.78 is 119. The third-order valence-corrected chi connectivity index (χ3v) is 11.8. The molecule has 3 heterocycles. The molecule has 7 rings (SSSR count). The summed E-state index contributed by atoms with van der Waals surface area (Å²) in [6.45, 7) is 8.89. The molecular weight excluding hydrogens is 736 g/mol. The van der Waals surface area contributed by atoms with E-state index >= 15 is 0 Å². The molecule has 0 amide bonds. The van der Waals surface area contributed by atoms with E-state index in [1.807, 2.05) is 12.3 Å². The first kappa shape index (κ1) is 38.2. The fourth-order valence-corrected chi connectivity index (χ4v) is 10.2. The van der Waals surface area contributed by atoms with Gasteiger partial charge in [-0.05, 0) is 40.1 Å². The van der Waals surface area contributed by atoms with Gasteiger partial charge in [-0.1, -0.05) is 55.9 Å². The predicted octanol–water partition coefficient (Wildman–Crippen LogP) is 3.85. The maximum absolute atomic E-state index is 13.2. The Morgan fingerprint density at radius 2 is 1.30 bits per heavy atom. The summed E-state index contributed by atoms with van der Waals surface area (Å²) >= 11 is 0. The van der Waals surface area contributed by atoms with Gasteiger partial charge in [0, 0.05) is 11.8 Å². The molecule has 14 heteroatoms. The van der Waals surface area contributed by atoms with E-state index < -0.39 is 37.6 Å². The quantitative estimate of drug-likeness (QED) is 0.214. The van der Waals surface area contributed by atoms with Crippen LogP contribution in [-0.4, -0.2) is 32.3 Å². The summed E-state index contributed by atoms with van der Waals surface area (Å²) in [7, 11) is -1.13. The predicted molar refractivity (Wildman–Crippen MR) is 143 cm³/mol. The smallest absolute Gasteiger partial charge is 1.00 e. The van der Waals surface area contributed by atoms with E-state index in [1.165, 1.54) is 16.9 Å². The second kappa shape index (κ2) is 12.3. The summed E-state index contributed by atoms with van der Waals surface area (Å²) in [5, 5.41) is 4.74. The molecule has 1 nitrogen and oxygen atoms in total. The second-order valence-corrected chi connectivity index (χ2v) is 15.1. The van der Waals surface area contributed by atoms with Crippen LogP contribution in [0.1, 0.15) is 18.1 Å². The number of allylic oxidation sites excluding steroid dienone is 5. The molecule has 0 unspecified atom stereocenters. The maximum Gasteiger partial charge on any atom is 3.00 e. The van der Waals surface area contributed by atoms with E-state index in [1.54, 1.807) is 41.6 Å². The van der Waals surface area contributed by atoms with Crippen molar-refractivity contribution in [2.75, 3.05) is 0 Å². The van der Waals surface area contributed by atoms with Crippen LogP contribution in [0.4, 0.5) is 39.5 Å². The van der Waals surface area contributed by atoms with Crippen LogP contribution >= 0.6 is 0 Å². The van der Waals surface area contributed by atoms with Crippen LogP contribution < -0.4 is 24.8 Å². The van der Waals surface area contributed by atoms with Crippen molar-refractivity contribution in [1.82, 2.24) is 0 Å². The molecule has 233 valence electrons. The van der Waals surface area contributed by atoms with Crippen LogP contribution in [-0.2, 0) is 31.6 Å². The Balaban J connectivity index is 0.000000376. The molecule has 0 saturated heterocycles. The summed E-state index contributed by atoms with van der Waals surface area (Å²) in [6.07, 6.45) is -15.8. The van der Waals surface area contributed by atoms with Crippen LogP contribution in [0.15, 0.2) is 93.4 Å². The molecule has 0 fully saturated rings. The molecule has 3 aromatic carbocycles. The number of aliphatic imine (C=N–C) groups is 1. The fraction of sp³-hybridized carbons (Fsp3) is 0.267. The van der Waals surface area contributed by atoms with Crippen LogP contribution in [0.5, 0.6) is 0 Å². The summed E-state index contributed by atoms with van der Waals surface area (Å²) in [5.74, 6) is 0. The Labute approximate surface area is 280 Å². The average Bonchev–Trinajstić information content (AvgIpc) is 3.53. The summed E-state index contributed by atoms with van der Waals surface area (Å²) in [6, 6.07) is 10.7. The number of fused-ring (bicyclic) bond motifs is 1. The topological polar surface area (TPSA) is 12.4 Å². The van der Waals surface area contributed by atoms with Gasteiger partial charge in [-0.2, -0.15) is 45.6 Å². The maximum atomic E-state index is 13.2. The molecule has 0 aromatic heterocycles. The molecule has 0 spiro atoms. The van der Waals surface area contributed by atoms with Gasteiger partial charge in [0.15, 0.2) is 0 Å². The normalized spacial score (nSPS) is 16.7. The Kier molecular flexibility index (Phi) is 10.7. The number of hydrogen-bond donors (Lipinski definition) is 0. The molecule has 1 radical (unpaired) electrons. The van der Waals surface area contributed by atoms with Gasteiger partial charge in [0.1, 0.15) is 8.07 Å². The third-order valence-electron chi connectivity index (χ3n) is 8.01. The minimum Gasteiger partial charge on any atom is -1.00 e. The fourth-order valence-electron chi connectivity index (χ4n) is 6.38. The zero-order chi connectivity index (χ0) is 30.3. The third kappa shape index (κ3) is 5.52. The molecule has 44 heavy (non-hydrogen) atoms. The first-order valence-electron chi connectivity index (χ1n) is 12.5. The zero-order valence-corrected chi connectivity index (χ0v) is 28.4. The largest absolute Gasteiger partial charge is 3.00 e. The van der Waals surface area contributed by atoms with Gasteiger partial charge in [0.25, 0.3) is 5.41 Å². The monoisotopic (exact) mass is 756 g/mol. The molecule has 0 saturated carbocycles. The van der Waals surface area contributed by atoms with E-state index in [2.05, 4.69) is 31.1 Å². The second-order valence-electron chi connectivity index (χ2n) is 10.9. The number of benzene rings is 2. The van der Waals surface area contributed by atoms with Crippen molar-refractivity contribution in [3.05, 3.63) is 99.5 Å². The number of halogens is 11. The number of hydrogen-bond acceptors (Lipinski definition) is 1. The van der Waals surface area contributed by atoms with Crippen molar-refractivity contribution >= 4 is 24.6 Å². The number of nitrogens with zero attached hydrogens (tertiary/aromatic N) is 1. The van der Waals surface area contributed by atoms with Crippen LogP contribution in [0, 0.1) is 6.92 Å². The van der Waals surface area contributed by atoms with Crippen molar-refractivity contribution in [2.24, 2.45) is 4.99 Å². The molecule has 0 N–H and O–H groups in total. The number of alkyl halides is 9. The van der Waals surface area contributed by atoms with Crippen LogP contribution in [0.2, 0.25) is 13.1 Å². The molecule has 4 aliphatic rings. The standard InChI is InChI=1S/C20H12F9.C10H11NSi.2ClH.Zr/c1-11-9-13-3-2-4-15(16(13)10-11)12-5-7-14(8-6-12)17(18(21,22)23,19(24,25)26)20(27,28)29;1-6-9-7-4-5-11-8(7)10(6)12(9,2)3;;;/h2-10H,1H3;4-5H,1-3H3;2*1H;/q-1;;;;+3/p-2. The number of aryl methyl sites for hydroxylation is 1. The van der Waals surface area contributed by atoms with Gasteiger partial charge >= 0.3 is 44.7 Å². The molecule has 0 atom stereocenters. The zero-order valence-electron chi connectivity index (χ0n) is 23.5. The van der Waals surface area contributed by atoms with E-state index in [-0.39, 0.29) is 68.7 Å². The van der Waals surface area contributed by atoms with Gasteiger partial charge in [-0.3, -0.25) is 4.99 Å². The van der Waals surface area contributed by atoms with Gasteiger partial charge < -0.3 is 24.8 Å². The van der Waals surface area contributed by atoms with Crippen molar-refractivity contribution in [2.45, 2.75) is 50.9 Å². The van der Waals surface area contributed by atoms with Crippen LogP contribution in [0.3, 0.4) is 0 Å². The Morgan fingerprint density at radius 3 is 1.77 bits per heavy atom. The van der Waals surface area contributed by atoms with Gasteiger partial charge in [0.05, 0.1) is 5.71 Å². The first-order valence-corrected chi connectivity index (χ1v) is 15.5. The number of rotatable bonds is 2. The van der Waals surface area contributed by atoms with Crippen LogP contribution in [0.25, 0.3) is 21.9 Å². The minimum absolute atomic E-state index is 0. The Bertz CT molecular complexity index is 1650. The van der Waals surface area contributed by atoms with E-state index in [4.69, 9.17) is 0 Å².